The third-order valence-electron chi connectivity index (χ3n) is 8.54. The number of nitrogens with one attached hydrogen (secondary N) is 2. The maximum absolute atomic E-state index is 12.7. The van der Waals surface area contributed by atoms with Crippen molar-refractivity contribution < 1.29 is 4.79 Å². The molecule has 4 fully saturated rings. The fraction of sp³-hybridized carbons (Fsp3) is 0.613. The molecule has 40 heavy (non-hydrogen) atoms. The van der Waals surface area contributed by atoms with Crippen LogP contribution in [0.3, 0.4) is 0 Å². The fourth-order valence-corrected chi connectivity index (χ4v) is 5.99. The lowest BCUT2D eigenvalue weighted by atomic mass is 9.93. The molecule has 0 atom stereocenters. The highest BCUT2D eigenvalue weighted by molar-refractivity contribution is 6.04. The number of nitriles is 3. The first-order valence-electron chi connectivity index (χ1n) is 14.7. The van der Waals surface area contributed by atoms with Gasteiger partial charge in [0.1, 0.15) is 5.52 Å². The first-order chi connectivity index (χ1) is 19.4. The molecule has 0 bridgehead atoms. The van der Waals surface area contributed by atoms with Crippen molar-refractivity contribution in [1.82, 2.24) is 20.3 Å². The summed E-state index contributed by atoms with van der Waals surface area (Å²) < 4.78 is 0. The molecule has 0 aromatic carbocycles. The van der Waals surface area contributed by atoms with Gasteiger partial charge in [0.05, 0.1) is 54.0 Å². The molecular formula is C31H40N8O. The van der Waals surface area contributed by atoms with Crippen molar-refractivity contribution in [3.05, 3.63) is 35.3 Å². The van der Waals surface area contributed by atoms with E-state index in [1.165, 1.54) is 31.3 Å². The number of hydrogen-bond donors (Lipinski definition) is 3. The molecule has 0 saturated heterocycles. The van der Waals surface area contributed by atoms with Gasteiger partial charge in [-0.25, -0.2) is 9.97 Å². The van der Waals surface area contributed by atoms with Gasteiger partial charge in [0.25, 0.3) is 5.91 Å². The molecule has 4 saturated carbocycles. The molecule has 4 N–H and O–H groups in total. The lowest BCUT2D eigenvalue weighted by molar-refractivity contribution is 0.0903. The van der Waals surface area contributed by atoms with Gasteiger partial charge in [0, 0.05) is 23.7 Å². The average Bonchev–Trinajstić information content (AvgIpc) is 3.33. The molecule has 2 heterocycles. The number of carbonyl (C=O) groups is 1. The van der Waals surface area contributed by atoms with Gasteiger partial charge in [-0.3, -0.25) is 4.79 Å². The quantitative estimate of drug-likeness (QED) is 0.392. The number of amides is 1. The van der Waals surface area contributed by atoms with Crippen LogP contribution in [0, 0.1) is 34.0 Å². The summed E-state index contributed by atoms with van der Waals surface area (Å²) in [6.07, 6.45) is 21.6. The summed E-state index contributed by atoms with van der Waals surface area (Å²) >= 11 is 0. The van der Waals surface area contributed by atoms with Crippen LogP contribution in [0.15, 0.2) is 24.0 Å². The van der Waals surface area contributed by atoms with Gasteiger partial charge in [-0.05, 0) is 64.2 Å². The molecule has 4 aliphatic rings. The Kier molecular flexibility index (Phi) is 9.91. The van der Waals surface area contributed by atoms with Crippen molar-refractivity contribution in [2.24, 2.45) is 5.73 Å². The summed E-state index contributed by atoms with van der Waals surface area (Å²) in [6.45, 7) is 0. The summed E-state index contributed by atoms with van der Waals surface area (Å²) in [5.41, 5.74) is 9.47. The van der Waals surface area contributed by atoms with Gasteiger partial charge in [-0.15, -0.1) is 0 Å². The minimum absolute atomic E-state index is 0.116. The molecule has 0 aliphatic heterocycles. The van der Waals surface area contributed by atoms with E-state index in [1.54, 1.807) is 18.5 Å². The minimum Gasteiger partial charge on any atom is -0.345 e. The average molecular weight is 541 g/mol. The van der Waals surface area contributed by atoms with Gasteiger partial charge in [-0.1, -0.05) is 31.3 Å². The van der Waals surface area contributed by atoms with Crippen LogP contribution in [0.2, 0.25) is 0 Å². The number of nitrogens with zero attached hydrogens (tertiary/aromatic N) is 5. The number of hydrogen-bond acceptors (Lipinski definition) is 7. The largest absolute Gasteiger partial charge is 0.345 e. The molecule has 9 heteroatoms. The van der Waals surface area contributed by atoms with Gasteiger partial charge in [0.15, 0.2) is 5.65 Å². The molecule has 9 nitrogen and oxygen atoms in total. The fourth-order valence-electron chi connectivity index (χ4n) is 5.99. The summed E-state index contributed by atoms with van der Waals surface area (Å²) in [4.78, 5) is 24.8. The first kappa shape index (κ1) is 29.2. The van der Waals surface area contributed by atoms with Crippen LogP contribution in [0.25, 0.3) is 11.2 Å². The molecule has 1 amide bonds. The lowest BCUT2D eigenvalue weighted by Crippen LogP contribution is -2.46. The Morgan fingerprint density at radius 2 is 1.68 bits per heavy atom. The van der Waals surface area contributed by atoms with Crippen LogP contribution in [0.4, 0.5) is 0 Å². The molecule has 6 rings (SSSR count). The van der Waals surface area contributed by atoms with Crippen molar-refractivity contribution in [1.29, 1.82) is 15.8 Å². The van der Waals surface area contributed by atoms with Crippen LogP contribution in [-0.4, -0.2) is 31.9 Å². The van der Waals surface area contributed by atoms with Gasteiger partial charge in [-0.2, -0.15) is 15.8 Å². The predicted molar refractivity (Wildman–Crippen MR) is 153 cm³/mol. The SMILES string of the molecule is N#CC=C1CCCC1.N#CCC1(N)CCCC1.N#CCC1(NC(=O)c2c[nH]c3ncc(C4CC4)nc23)CCCC1. The number of allylic oxidation sites excluding steroid dienone is 2. The molecule has 0 radical (unpaired) electrons. The highest BCUT2D eigenvalue weighted by Gasteiger charge is 2.36. The van der Waals surface area contributed by atoms with E-state index < -0.39 is 0 Å². The minimum atomic E-state index is -0.378. The van der Waals surface area contributed by atoms with E-state index in [1.807, 2.05) is 6.07 Å². The topological polar surface area (TPSA) is 168 Å². The molecular weight excluding hydrogens is 500 g/mol. The van der Waals surface area contributed by atoms with Crippen LogP contribution in [0.5, 0.6) is 0 Å². The zero-order chi connectivity index (χ0) is 28.4. The number of rotatable bonds is 5. The van der Waals surface area contributed by atoms with Gasteiger partial charge < -0.3 is 16.0 Å². The monoisotopic (exact) mass is 540 g/mol. The maximum atomic E-state index is 12.7. The van der Waals surface area contributed by atoms with Crippen molar-refractivity contribution in [2.75, 3.05) is 0 Å². The number of carbonyl (C=O) groups excluding carboxylic acids is 1. The molecule has 0 spiro atoms. The molecule has 210 valence electrons. The number of aromatic amines is 1. The third-order valence-corrected chi connectivity index (χ3v) is 8.54. The van der Waals surface area contributed by atoms with Crippen molar-refractivity contribution in [2.45, 2.75) is 120 Å². The summed E-state index contributed by atoms with van der Waals surface area (Å²) in [5, 5.41) is 28.7. The van der Waals surface area contributed by atoms with E-state index in [0.717, 1.165) is 69.9 Å². The van der Waals surface area contributed by atoms with Gasteiger partial charge in [0.2, 0.25) is 0 Å². The summed E-state index contributed by atoms with van der Waals surface area (Å²) in [6, 6.07) is 6.39. The van der Waals surface area contributed by atoms with E-state index in [2.05, 4.69) is 32.4 Å². The number of fused-ring (bicyclic) bond motifs is 1. The Hall–Kier alpha value is -3.74. The van der Waals surface area contributed by atoms with E-state index in [0.29, 0.717) is 35.5 Å². The smallest absolute Gasteiger partial charge is 0.255 e. The Morgan fingerprint density at radius 1 is 1.02 bits per heavy atom. The van der Waals surface area contributed by atoms with E-state index in [9.17, 15) is 4.79 Å². The predicted octanol–water partition coefficient (Wildman–Crippen LogP) is 5.97. The second-order valence-electron chi connectivity index (χ2n) is 11.8. The van der Waals surface area contributed by atoms with Crippen molar-refractivity contribution >= 4 is 17.1 Å². The Bertz CT molecular complexity index is 1310. The molecule has 2 aromatic heterocycles. The summed E-state index contributed by atoms with van der Waals surface area (Å²) in [7, 11) is 0. The maximum Gasteiger partial charge on any atom is 0.255 e. The van der Waals surface area contributed by atoms with Crippen LogP contribution in [0.1, 0.15) is 125 Å². The second-order valence-corrected chi connectivity index (χ2v) is 11.8. The van der Waals surface area contributed by atoms with E-state index in [4.69, 9.17) is 21.5 Å². The van der Waals surface area contributed by atoms with E-state index >= 15 is 0 Å². The van der Waals surface area contributed by atoms with E-state index in [-0.39, 0.29) is 17.0 Å². The third kappa shape index (κ3) is 7.68. The first-order valence-corrected chi connectivity index (χ1v) is 14.7. The zero-order valence-electron chi connectivity index (χ0n) is 23.3. The lowest BCUT2D eigenvalue weighted by Gasteiger charge is -2.27. The standard InChI is InChI=1S/C17H19N5O.C7H12N2.C7H9N/c18-8-7-17(5-1-2-6-17)22-16(23)12-9-19-15-14(12)21-13(10-20-15)11-3-4-11;8-6-5-7(9)3-1-2-4-7;8-6-5-7-3-1-2-4-7/h9-11H,1-7H2,(H,19,20)(H,22,23);1-5,9H2;5H,1-4H2. The number of nitrogens with two attached hydrogens (primary N) is 1. The van der Waals surface area contributed by atoms with Crippen molar-refractivity contribution in [3.8, 4) is 18.2 Å². The molecule has 4 aliphatic carbocycles. The normalized spacial score (nSPS) is 20.2. The molecule has 0 unspecified atom stereocenters. The highest BCUT2D eigenvalue weighted by Crippen LogP contribution is 2.39. The van der Waals surface area contributed by atoms with Gasteiger partial charge >= 0.3 is 0 Å². The van der Waals surface area contributed by atoms with Crippen molar-refractivity contribution in [3.63, 3.8) is 0 Å². The summed E-state index contributed by atoms with van der Waals surface area (Å²) in [5.74, 6) is 0.341. The Morgan fingerprint density at radius 3 is 2.27 bits per heavy atom. The zero-order valence-corrected chi connectivity index (χ0v) is 23.3. The van der Waals surface area contributed by atoms with Crippen LogP contribution in [-0.2, 0) is 0 Å². The Labute approximate surface area is 236 Å². The second kappa shape index (κ2) is 13.6. The number of H-pyrrole nitrogens is 1. The Balaban J connectivity index is 0.000000178. The highest BCUT2D eigenvalue weighted by atomic mass is 16.1. The van der Waals surface area contributed by atoms with Crippen LogP contribution < -0.4 is 11.1 Å². The van der Waals surface area contributed by atoms with Crippen LogP contribution >= 0.6 is 0 Å². The molecule has 2 aromatic rings. The number of aromatic nitrogens is 3.